The second kappa shape index (κ2) is 11.1. The van der Waals surface area contributed by atoms with E-state index in [1.54, 1.807) is 31.4 Å². The monoisotopic (exact) mass is 472 g/mol. The van der Waals surface area contributed by atoms with Crippen molar-refractivity contribution in [3.8, 4) is 16.9 Å². The predicted molar refractivity (Wildman–Crippen MR) is 135 cm³/mol. The van der Waals surface area contributed by atoms with Crippen LogP contribution in [0, 0.1) is 12.7 Å². The molecule has 0 aliphatic carbocycles. The molecule has 0 fully saturated rings. The molecule has 0 aliphatic rings. The van der Waals surface area contributed by atoms with Gasteiger partial charge >= 0.3 is 0 Å². The third-order valence-electron chi connectivity index (χ3n) is 6.07. The Hall–Kier alpha value is -3.77. The van der Waals surface area contributed by atoms with Gasteiger partial charge in [0.25, 0.3) is 5.56 Å². The lowest BCUT2D eigenvalue weighted by atomic mass is 9.94. The Bertz CT molecular complexity index is 1380. The van der Waals surface area contributed by atoms with E-state index in [4.69, 9.17) is 4.74 Å². The molecular weight excluding hydrogens is 443 g/mol. The van der Waals surface area contributed by atoms with E-state index in [0.717, 1.165) is 23.1 Å². The van der Waals surface area contributed by atoms with Gasteiger partial charge in [-0.3, -0.25) is 4.79 Å². The summed E-state index contributed by atoms with van der Waals surface area (Å²) in [6.45, 7) is 2.80. The maximum absolute atomic E-state index is 13.7. The summed E-state index contributed by atoms with van der Waals surface area (Å²) in [5, 5.41) is 15.2. The zero-order valence-electron chi connectivity index (χ0n) is 20.0. The van der Waals surface area contributed by atoms with Crippen molar-refractivity contribution in [2.24, 2.45) is 0 Å². The van der Waals surface area contributed by atoms with Gasteiger partial charge in [0.15, 0.2) is 0 Å². The number of hydrogen-bond donors (Lipinski definition) is 1. The van der Waals surface area contributed by atoms with E-state index in [2.05, 4.69) is 11.2 Å². The first kappa shape index (κ1) is 24.4. The van der Waals surface area contributed by atoms with Crippen LogP contribution in [-0.2, 0) is 30.5 Å². The first-order valence-electron chi connectivity index (χ1n) is 11.7. The second-order valence-electron chi connectivity index (χ2n) is 8.61. The van der Waals surface area contributed by atoms with Gasteiger partial charge < -0.3 is 9.84 Å². The SMILES string of the molecule is COCCc1cccc(Cn2nc(C)c(-c3ccccc3O)c(CCc3cccc(F)c3)c2=O)c1. The van der Waals surface area contributed by atoms with Crippen molar-refractivity contribution in [2.45, 2.75) is 32.7 Å². The molecule has 0 spiro atoms. The molecule has 0 amide bonds. The summed E-state index contributed by atoms with van der Waals surface area (Å²) < 4.78 is 20.4. The van der Waals surface area contributed by atoms with Gasteiger partial charge in [0.1, 0.15) is 11.6 Å². The molecule has 0 bridgehead atoms. The smallest absolute Gasteiger partial charge is 0.270 e. The highest BCUT2D eigenvalue weighted by atomic mass is 19.1. The quantitative estimate of drug-likeness (QED) is 0.369. The number of nitrogens with zero attached hydrogens (tertiary/aromatic N) is 2. The summed E-state index contributed by atoms with van der Waals surface area (Å²) in [5.41, 5.74) is 5.10. The molecule has 1 N–H and O–H groups in total. The van der Waals surface area contributed by atoms with Gasteiger partial charge in [-0.2, -0.15) is 5.10 Å². The van der Waals surface area contributed by atoms with Crippen LogP contribution in [0.1, 0.15) is 27.9 Å². The first-order valence-corrected chi connectivity index (χ1v) is 11.7. The minimum atomic E-state index is -0.305. The maximum Gasteiger partial charge on any atom is 0.270 e. The summed E-state index contributed by atoms with van der Waals surface area (Å²) in [6, 6.07) is 21.4. The molecule has 6 heteroatoms. The van der Waals surface area contributed by atoms with Crippen LogP contribution in [0.25, 0.3) is 11.1 Å². The highest BCUT2D eigenvalue weighted by molar-refractivity contribution is 5.74. The summed E-state index contributed by atoms with van der Waals surface area (Å²) in [4.78, 5) is 13.7. The minimum Gasteiger partial charge on any atom is -0.507 e. The third-order valence-corrected chi connectivity index (χ3v) is 6.07. The van der Waals surface area contributed by atoms with Gasteiger partial charge in [-0.25, -0.2) is 9.07 Å². The molecule has 0 atom stereocenters. The molecule has 4 rings (SSSR count). The van der Waals surface area contributed by atoms with E-state index in [1.807, 2.05) is 37.3 Å². The molecule has 4 aromatic rings. The molecule has 35 heavy (non-hydrogen) atoms. The van der Waals surface area contributed by atoms with E-state index >= 15 is 0 Å². The normalized spacial score (nSPS) is 11.1. The number of phenolic OH excluding ortho intramolecular Hbond substituents is 1. The standard InChI is InChI=1S/C29H29FN2O3/c1-20-28(25-11-3-4-12-27(25)33)26(14-13-21-8-6-10-24(30)18-21)29(34)32(31-20)19-23-9-5-7-22(17-23)15-16-35-2/h3-12,17-18,33H,13-16,19H2,1-2H3. The van der Waals surface area contributed by atoms with Crippen LogP contribution in [0.3, 0.4) is 0 Å². The Kier molecular flexibility index (Phi) is 7.73. The van der Waals surface area contributed by atoms with E-state index in [-0.39, 0.29) is 17.1 Å². The molecule has 0 radical (unpaired) electrons. The molecule has 0 saturated heterocycles. The number of rotatable bonds is 9. The number of phenols is 1. The van der Waals surface area contributed by atoms with Gasteiger partial charge in [-0.15, -0.1) is 0 Å². The highest BCUT2D eigenvalue weighted by Gasteiger charge is 2.19. The van der Waals surface area contributed by atoms with Gasteiger partial charge in [0.2, 0.25) is 0 Å². The molecule has 0 aliphatic heterocycles. The summed E-state index contributed by atoms with van der Waals surface area (Å²) in [6.07, 6.45) is 1.67. The van der Waals surface area contributed by atoms with Crippen molar-refractivity contribution in [1.29, 1.82) is 0 Å². The lowest BCUT2D eigenvalue weighted by molar-refractivity contribution is 0.202. The lowest BCUT2D eigenvalue weighted by Crippen LogP contribution is -2.29. The molecule has 0 saturated carbocycles. The van der Waals surface area contributed by atoms with Crippen molar-refractivity contribution >= 4 is 0 Å². The molecule has 1 heterocycles. The van der Waals surface area contributed by atoms with Crippen molar-refractivity contribution in [3.05, 3.63) is 117 Å². The van der Waals surface area contributed by atoms with Crippen LogP contribution >= 0.6 is 0 Å². The number of aromatic hydroxyl groups is 1. The number of halogens is 1. The van der Waals surface area contributed by atoms with Crippen LogP contribution in [0.2, 0.25) is 0 Å². The largest absolute Gasteiger partial charge is 0.507 e. The fourth-order valence-corrected chi connectivity index (χ4v) is 4.38. The number of methoxy groups -OCH3 is 1. The average Bonchev–Trinajstić information content (AvgIpc) is 2.85. The lowest BCUT2D eigenvalue weighted by Gasteiger charge is -2.17. The number of hydrogen-bond acceptors (Lipinski definition) is 4. The summed E-state index contributed by atoms with van der Waals surface area (Å²) in [7, 11) is 1.67. The van der Waals surface area contributed by atoms with Gasteiger partial charge in [0.05, 0.1) is 18.8 Å². The van der Waals surface area contributed by atoms with Crippen molar-refractivity contribution in [2.75, 3.05) is 13.7 Å². The number of ether oxygens (including phenoxy) is 1. The fraction of sp³-hybridized carbons (Fsp3) is 0.241. The maximum atomic E-state index is 13.7. The second-order valence-corrected chi connectivity index (χ2v) is 8.61. The van der Waals surface area contributed by atoms with Crippen LogP contribution in [-0.4, -0.2) is 28.6 Å². The van der Waals surface area contributed by atoms with Crippen molar-refractivity contribution in [3.63, 3.8) is 0 Å². The van der Waals surface area contributed by atoms with Crippen molar-refractivity contribution < 1.29 is 14.2 Å². The number of benzene rings is 3. The van der Waals surface area contributed by atoms with E-state index in [0.29, 0.717) is 48.4 Å². The molecule has 180 valence electrons. The van der Waals surface area contributed by atoms with Gasteiger partial charge in [-0.05, 0) is 61.1 Å². The fourth-order valence-electron chi connectivity index (χ4n) is 4.38. The van der Waals surface area contributed by atoms with Crippen LogP contribution in [0.4, 0.5) is 4.39 Å². The van der Waals surface area contributed by atoms with Crippen LogP contribution in [0.5, 0.6) is 5.75 Å². The predicted octanol–water partition coefficient (Wildman–Crippen LogP) is 5.09. The Balaban J connectivity index is 1.75. The first-order chi connectivity index (χ1) is 17.0. The van der Waals surface area contributed by atoms with E-state index < -0.39 is 0 Å². The van der Waals surface area contributed by atoms with Crippen LogP contribution < -0.4 is 5.56 Å². The van der Waals surface area contributed by atoms with Gasteiger partial charge in [-0.1, -0.05) is 54.6 Å². The average molecular weight is 473 g/mol. The molecule has 1 aromatic heterocycles. The Morgan fingerprint density at radius 1 is 0.914 bits per heavy atom. The van der Waals surface area contributed by atoms with Crippen molar-refractivity contribution in [1.82, 2.24) is 9.78 Å². The van der Waals surface area contributed by atoms with E-state index in [9.17, 15) is 14.3 Å². The number of aromatic nitrogens is 2. The topological polar surface area (TPSA) is 64.3 Å². The summed E-state index contributed by atoms with van der Waals surface area (Å²) >= 11 is 0. The molecule has 3 aromatic carbocycles. The van der Waals surface area contributed by atoms with Crippen LogP contribution in [0.15, 0.2) is 77.6 Å². The third kappa shape index (κ3) is 5.84. The Labute approximate surface area is 204 Å². The zero-order valence-corrected chi connectivity index (χ0v) is 20.0. The molecular formula is C29H29FN2O3. The highest BCUT2D eigenvalue weighted by Crippen LogP contribution is 2.32. The number of aryl methyl sites for hydroxylation is 2. The van der Waals surface area contributed by atoms with Gasteiger partial charge in [0, 0.05) is 23.8 Å². The minimum absolute atomic E-state index is 0.0902. The molecule has 0 unspecified atom stereocenters. The zero-order chi connectivity index (χ0) is 24.8. The Morgan fingerprint density at radius 2 is 1.63 bits per heavy atom. The summed E-state index contributed by atoms with van der Waals surface area (Å²) in [5.74, 6) is -0.215. The Morgan fingerprint density at radius 3 is 2.37 bits per heavy atom. The molecule has 5 nitrogen and oxygen atoms in total. The van der Waals surface area contributed by atoms with E-state index in [1.165, 1.54) is 16.8 Å². The number of para-hydroxylation sites is 1.